The molecule has 0 aliphatic carbocycles. The van der Waals surface area contributed by atoms with Crippen LogP contribution in [0.1, 0.15) is 28.6 Å². The molecule has 1 unspecified atom stereocenters. The molecular formula is C26H30N4O2. The summed E-state index contributed by atoms with van der Waals surface area (Å²) in [5.41, 5.74) is 6.87. The van der Waals surface area contributed by atoms with Gasteiger partial charge in [-0.1, -0.05) is 47.6 Å². The third-order valence-electron chi connectivity index (χ3n) is 6.54. The lowest BCUT2D eigenvalue weighted by atomic mass is 9.96. The number of hydrogen-bond acceptors (Lipinski definition) is 6. The number of aryl methyl sites for hydroxylation is 1. The van der Waals surface area contributed by atoms with Crippen LogP contribution in [0.3, 0.4) is 0 Å². The molecule has 0 amide bonds. The molecule has 5 rings (SSSR count). The highest BCUT2D eigenvalue weighted by molar-refractivity contribution is 5.68. The van der Waals surface area contributed by atoms with Crippen LogP contribution in [0.15, 0.2) is 65.5 Å². The van der Waals surface area contributed by atoms with Gasteiger partial charge in [0.15, 0.2) is 0 Å². The van der Waals surface area contributed by atoms with E-state index in [1.54, 1.807) is 6.26 Å². The van der Waals surface area contributed by atoms with Gasteiger partial charge in [-0.2, -0.15) is 0 Å². The summed E-state index contributed by atoms with van der Waals surface area (Å²) in [5, 5.41) is 4.13. The number of benzene rings is 2. The number of likely N-dealkylation sites (N-methyl/N-ethyl adjacent to an activating group) is 1. The van der Waals surface area contributed by atoms with Gasteiger partial charge in [0.2, 0.25) is 12.1 Å². The number of rotatable bonds is 5. The topological polar surface area (TPSA) is 45.0 Å². The van der Waals surface area contributed by atoms with Crippen LogP contribution in [0.2, 0.25) is 0 Å². The number of anilines is 1. The molecule has 0 saturated carbocycles. The quantitative estimate of drug-likeness (QED) is 0.584. The minimum absolute atomic E-state index is 0.267. The average Bonchev–Trinajstić information content (AvgIpc) is 3.42. The van der Waals surface area contributed by atoms with Crippen LogP contribution in [0.5, 0.6) is 0 Å². The standard InChI is InChI=1S/C26H30N4O2/c1-19-20(2)27-32-25(19)30-15-16-31-26(30)22-9-10-24(21-7-5-4-6-8-21)23(17-22)18-29-13-11-28(3)12-14-29/h4-10,15-17,26H,11-14,18H2,1-3H3. The molecule has 1 atom stereocenters. The minimum atomic E-state index is -0.267. The first-order valence-corrected chi connectivity index (χ1v) is 11.2. The van der Waals surface area contributed by atoms with Crippen molar-refractivity contribution in [3.05, 3.63) is 83.4 Å². The van der Waals surface area contributed by atoms with Crippen LogP contribution < -0.4 is 4.90 Å². The van der Waals surface area contributed by atoms with E-state index in [1.807, 2.05) is 24.9 Å². The van der Waals surface area contributed by atoms with E-state index >= 15 is 0 Å². The van der Waals surface area contributed by atoms with Gasteiger partial charge in [-0.05, 0) is 43.7 Å². The highest BCUT2D eigenvalue weighted by atomic mass is 16.5. The molecule has 2 aliphatic rings. The Balaban J connectivity index is 1.49. The van der Waals surface area contributed by atoms with Crippen LogP contribution in [-0.2, 0) is 11.3 Å². The predicted molar refractivity (Wildman–Crippen MR) is 126 cm³/mol. The van der Waals surface area contributed by atoms with E-state index in [2.05, 4.69) is 70.5 Å². The van der Waals surface area contributed by atoms with Crippen LogP contribution in [0.25, 0.3) is 11.1 Å². The number of piperazine rings is 1. The molecule has 3 heterocycles. The first-order valence-electron chi connectivity index (χ1n) is 11.2. The summed E-state index contributed by atoms with van der Waals surface area (Å²) in [6.45, 7) is 9.29. The Labute approximate surface area is 189 Å². The molecule has 0 spiro atoms. The van der Waals surface area contributed by atoms with Crippen LogP contribution >= 0.6 is 0 Å². The van der Waals surface area contributed by atoms with E-state index in [4.69, 9.17) is 9.26 Å². The summed E-state index contributed by atoms with van der Waals surface area (Å²) in [7, 11) is 2.19. The first kappa shape index (κ1) is 20.8. The second-order valence-electron chi connectivity index (χ2n) is 8.74. The molecule has 2 aromatic carbocycles. The van der Waals surface area contributed by atoms with E-state index in [0.29, 0.717) is 0 Å². The van der Waals surface area contributed by atoms with E-state index in [9.17, 15) is 0 Å². The van der Waals surface area contributed by atoms with Crippen molar-refractivity contribution in [1.82, 2.24) is 15.0 Å². The monoisotopic (exact) mass is 430 g/mol. The Morgan fingerprint density at radius 2 is 1.78 bits per heavy atom. The lowest BCUT2D eigenvalue weighted by molar-refractivity contribution is 0.148. The molecule has 2 aliphatic heterocycles. The molecule has 1 fully saturated rings. The van der Waals surface area contributed by atoms with Crippen molar-refractivity contribution in [3.8, 4) is 11.1 Å². The number of nitrogens with zero attached hydrogens (tertiary/aromatic N) is 4. The first-order chi connectivity index (χ1) is 15.6. The van der Waals surface area contributed by atoms with Gasteiger partial charge in [0.25, 0.3) is 0 Å². The normalized spacial score (nSPS) is 19.5. The smallest absolute Gasteiger partial charge is 0.237 e. The molecular weight excluding hydrogens is 400 g/mol. The van der Waals surface area contributed by atoms with E-state index < -0.39 is 0 Å². The summed E-state index contributed by atoms with van der Waals surface area (Å²) in [5.74, 6) is 0.731. The molecule has 0 N–H and O–H groups in total. The molecule has 0 radical (unpaired) electrons. The summed E-state index contributed by atoms with van der Waals surface area (Å²) < 4.78 is 11.6. The number of hydrogen-bond donors (Lipinski definition) is 0. The molecule has 166 valence electrons. The molecule has 0 bridgehead atoms. The summed E-state index contributed by atoms with van der Waals surface area (Å²) in [4.78, 5) is 6.95. The lowest BCUT2D eigenvalue weighted by Crippen LogP contribution is -2.43. The second kappa shape index (κ2) is 8.81. The summed E-state index contributed by atoms with van der Waals surface area (Å²) in [6.07, 6.45) is 3.38. The van der Waals surface area contributed by atoms with Gasteiger partial charge < -0.3 is 14.2 Å². The fourth-order valence-corrected chi connectivity index (χ4v) is 4.42. The molecule has 1 aromatic heterocycles. The predicted octanol–water partition coefficient (Wildman–Crippen LogP) is 4.71. The zero-order valence-electron chi connectivity index (χ0n) is 19.0. The molecule has 32 heavy (non-hydrogen) atoms. The van der Waals surface area contributed by atoms with Gasteiger partial charge in [-0.3, -0.25) is 9.80 Å². The van der Waals surface area contributed by atoms with Crippen LogP contribution in [0.4, 0.5) is 5.88 Å². The minimum Gasteiger partial charge on any atom is -0.472 e. The highest BCUT2D eigenvalue weighted by Gasteiger charge is 2.29. The number of aromatic nitrogens is 1. The van der Waals surface area contributed by atoms with Crippen molar-refractivity contribution in [2.45, 2.75) is 26.6 Å². The van der Waals surface area contributed by atoms with Crippen molar-refractivity contribution in [2.75, 3.05) is 38.1 Å². The van der Waals surface area contributed by atoms with E-state index in [1.165, 1.54) is 16.7 Å². The Morgan fingerprint density at radius 1 is 1.00 bits per heavy atom. The van der Waals surface area contributed by atoms with Crippen LogP contribution in [0, 0.1) is 13.8 Å². The third kappa shape index (κ3) is 4.04. The van der Waals surface area contributed by atoms with Crippen molar-refractivity contribution in [3.63, 3.8) is 0 Å². The van der Waals surface area contributed by atoms with Crippen molar-refractivity contribution in [2.24, 2.45) is 0 Å². The molecule has 1 saturated heterocycles. The maximum absolute atomic E-state index is 6.01. The molecule has 6 heteroatoms. The van der Waals surface area contributed by atoms with Crippen molar-refractivity contribution < 1.29 is 9.26 Å². The van der Waals surface area contributed by atoms with Gasteiger partial charge in [-0.25, -0.2) is 0 Å². The molecule has 3 aromatic rings. The zero-order valence-corrected chi connectivity index (χ0v) is 19.0. The van der Waals surface area contributed by atoms with Crippen LogP contribution in [-0.4, -0.2) is 48.2 Å². The Kier molecular flexibility index (Phi) is 5.72. The Morgan fingerprint density at radius 3 is 2.50 bits per heavy atom. The van der Waals surface area contributed by atoms with Crippen molar-refractivity contribution >= 4 is 5.88 Å². The van der Waals surface area contributed by atoms with E-state index in [-0.39, 0.29) is 6.23 Å². The van der Waals surface area contributed by atoms with Gasteiger partial charge >= 0.3 is 0 Å². The Hall–Kier alpha value is -3.09. The second-order valence-corrected chi connectivity index (χ2v) is 8.74. The summed E-state index contributed by atoms with van der Waals surface area (Å²) >= 11 is 0. The fraction of sp³-hybridized carbons (Fsp3) is 0.346. The van der Waals surface area contributed by atoms with E-state index in [0.717, 1.165) is 55.4 Å². The van der Waals surface area contributed by atoms with Crippen molar-refractivity contribution in [1.29, 1.82) is 0 Å². The van der Waals surface area contributed by atoms with Gasteiger partial charge in [0.1, 0.15) is 6.26 Å². The third-order valence-corrected chi connectivity index (χ3v) is 6.54. The van der Waals surface area contributed by atoms with Gasteiger partial charge in [-0.15, -0.1) is 0 Å². The summed E-state index contributed by atoms with van der Waals surface area (Å²) in [6, 6.07) is 17.3. The van der Waals surface area contributed by atoms with Gasteiger partial charge in [0, 0.05) is 50.1 Å². The average molecular weight is 431 g/mol. The maximum Gasteiger partial charge on any atom is 0.237 e. The zero-order chi connectivity index (χ0) is 22.1. The molecule has 6 nitrogen and oxygen atoms in total. The maximum atomic E-state index is 6.01. The fourth-order valence-electron chi connectivity index (χ4n) is 4.42. The largest absolute Gasteiger partial charge is 0.472 e. The Bertz CT molecular complexity index is 1100. The highest BCUT2D eigenvalue weighted by Crippen LogP contribution is 2.37. The lowest BCUT2D eigenvalue weighted by Gasteiger charge is -2.33. The van der Waals surface area contributed by atoms with Gasteiger partial charge in [0.05, 0.1) is 5.69 Å². The number of ether oxygens (including phenoxy) is 1. The SMILES string of the molecule is Cc1noc(N2C=COC2c2ccc(-c3ccccc3)c(CN3CCN(C)CC3)c2)c1C.